The number of nitrogens with zero attached hydrogens (tertiary/aromatic N) is 1. The van der Waals surface area contributed by atoms with E-state index in [1.807, 2.05) is 54.6 Å². The molecule has 7 rings (SSSR count). The van der Waals surface area contributed by atoms with Crippen molar-refractivity contribution in [1.82, 2.24) is 0 Å². The number of nitrogens with one attached hydrogen (secondary N) is 2. The molecule has 2 aromatic heterocycles. The Balaban J connectivity index is 1.40. The Morgan fingerprint density at radius 2 is 1.23 bits per heavy atom. The third kappa shape index (κ3) is 3.95. The first-order valence-corrected chi connectivity index (χ1v) is 13.5. The molecule has 7 heteroatoms. The van der Waals surface area contributed by atoms with Crippen molar-refractivity contribution in [3.8, 4) is 0 Å². The SMILES string of the molecule is N=CSC(=N)c1ccc2c(=O)c3cc4c(cc3oc2c1)oc1cc(N(c2ccccc2)c2ccccc2)ccc14. The van der Waals surface area contributed by atoms with Crippen LogP contribution in [0.4, 0.5) is 17.1 Å². The van der Waals surface area contributed by atoms with Gasteiger partial charge >= 0.3 is 0 Å². The first-order chi connectivity index (χ1) is 19.6. The molecule has 0 atom stereocenters. The van der Waals surface area contributed by atoms with Crippen LogP contribution in [0.1, 0.15) is 5.56 Å². The molecule has 2 N–H and O–H groups in total. The minimum absolute atomic E-state index is 0.138. The van der Waals surface area contributed by atoms with E-state index in [0.717, 1.165) is 45.1 Å². The number of rotatable bonds is 5. The second-order valence-corrected chi connectivity index (χ2v) is 10.2. The van der Waals surface area contributed by atoms with Crippen molar-refractivity contribution in [2.75, 3.05) is 4.90 Å². The standard InChI is InChI=1S/C33H21N3O3S/c34-19-40-33(35)20-11-13-25-28(15-20)38-31-18-30-26(17-27(31)32(25)37)24-14-12-23(16-29(24)39-30)36(21-7-3-1-4-8-21)22-9-5-2-6-10-22/h1-19,34-35H. The Bertz CT molecular complexity index is 2110. The second kappa shape index (κ2) is 9.55. The lowest BCUT2D eigenvalue weighted by Crippen LogP contribution is -2.09. The van der Waals surface area contributed by atoms with E-state index < -0.39 is 0 Å². The molecule has 0 spiro atoms. The molecule has 0 saturated heterocycles. The molecule has 0 saturated carbocycles. The third-order valence-corrected chi connectivity index (χ3v) is 7.56. The van der Waals surface area contributed by atoms with Gasteiger partial charge in [-0.3, -0.25) is 10.2 Å². The summed E-state index contributed by atoms with van der Waals surface area (Å²) in [6.07, 6.45) is 0. The zero-order chi connectivity index (χ0) is 27.2. The lowest BCUT2D eigenvalue weighted by atomic mass is 10.1. The molecule has 0 radical (unpaired) electrons. The number of thioether (sulfide) groups is 1. The predicted octanol–water partition coefficient (Wildman–Crippen LogP) is 8.98. The summed E-state index contributed by atoms with van der Waals surface area (Å²) in [5, 5.41) is 18.2. The zero-order valence-electron chi connectivity index (χ0n) is 21.0. The Hall–Kier alpha value is -5.14. The summed E-state index contributed by atoms with van der Waals surface area (Å²) in [5.74, 6) is 0. The van der Waals surface area contributed by atoms with E-state index in [4.69, 9.17) is 19.7 Å². The van der Waals surface area contributed by atoms with Crippen LogP contribution in [0, 0.1) is 10.8 Å². The normalized spacial score (nSPS) is 11.4. The molecule has 0 aliphatic rings. The van der Waals surface area contributed by atoms with Crippen LogP contribution in [0.5, 0.6) is 0 Å². The fourth-order valence-corrected chi connectivity index (χ4v) is 5.50. The minimum Gasteiger partial charge on any atom is -0.456 e. The van der Waals surface area contributed by atoms with Crippen LogP contribution >= 0.6 is 11.8 Å². The van der Waals surface area contributed by atoms with Crippen LogP contribution < -0.4 is 10.3 Å². The van der Waals surface area contributed by atoms with Crippen molar-refractivity contribution in [2.24, 2.45) is 0 Å². The van der Waals surface area contributed by atoms with E-state index in [0.29, 0.717) is 38.7 Å². The summed E-state index contributed by atoms with van der Waals surface area (Å²) in [4.78, 5) is 15.6. The van der Waals surface area contributed by atoms with Gasteiger partial charge in [-0.05, 0) is 54.6 Å². The van der Waals surface area contributed by atoms with Gasteiger partial charge in [-0.15, -0.1) is 0 Å². The Kier molecular flexibility index (Phi) is 5.72. The maximum Gasteiger partial charge on any atom is 0.200 e. The molecule has 0 aliphatic carbocycles. The van der Waals surface area contributed by atoms with Gasteiger partial charge in [-0.25, -0.2) is 0 Å². The molecule has 40 heavy (non-hydrogen) atoms. The quantitative estimate of drug-likeness (QED) is 0.129. The predicted molar refractivity (Wildman–Crippen MR) is 165 cm³/mol. The number of fused-ring (bicyclic) bond motifs is 5. The van der Waals surface area contributed by atoms with E-state index in [9.17, 15) is 4.79 Å². The van der Waals surface area contributed by atoms with Crippen LogP contribution in [0.3, 0.4) is 0 Å². The summed E-state index contributed by atoms with van der Waals surface area (Å²) in [6.45, 7) is 0. The highest BCUT2D eigenvalue weighted by Crippen LogP contribution is 2.39. The molecular formula is C33H21N3O3S. The van der Waals surface area contributed by atoms with Crippen LogP contribution in [0.15, 0.2) is 123 Å². The first kappa shape index (κ1) is 23.9. The summed E-state index contributed by atoms with van der Waals surface area (Å²) >= 11 is 0.992. The van der Waals surface area contributed by atoms with E-state index >= 15 is 0 Å². The summed E-state index contributed by atoms with van der Waals surface area (Å²) in [5.41, 5.74) is 6.70. The van der Waals surface area contributed by atoms with Gasteiger partial charge in [0.05, 0.1) is 16.3 Å². The molecule has 192 valence electrons. The molecular weight excluding hydrogens is 518 g/mol. The maximum atomic E-state index is 13.5. The number of anilines is 3. The number of hydrogen-bond acceptors (Lipinski definition) is 7. The average molecular weight is 540 g/mol. The fraction of sp³-hybridized carbons (Fsp3) is 0. The van der Waals surface area contributed by atoms with Crippen molar-refractivity contribution < 1.29 is 8.83 Å². The molecule has 0 aliphatic heterocycles. The highest BCUT2D eigenvalue weighted by molar-refractivity contribution is 8.25. The fourth-order valence-electron chi connectivity index (χ4n) is 5.12. The smallest absolute Gasteiger partial charge is 0.200 e. The lowest BCUT2D eigenvalue weighted by Gasteiger charge is -2.25. The summed E-state index contributed by atoms with van der Waals surface area (Å²) in [7, 11) is 0. The Morgan fingerprint density at radius 1 is 0.625 bits per heavy atom. The van der Waals surface area contributed by atoms with Gasteiger partial charge in [0, 0.05) is 45.5 Å². The van der Waals surface area contributed by atoms with Crippen LogP contribution in [0.25, 0.3) is 43.9 Å². The monoisotopic (exact) mass is 539 g/mol. The molecule has 6 nitrogen and oxygen atoms in total. The molecule has 0 unspecified atom stereocenters. The van der Waals surface area contributed by atoms with Crippen LogP contribution in [-0.2, 0) is 0 Å². The van der Waals surface area contributed by atoms with E-state index in [1.54, 1.807) is 24.3 Å². The van der Waals surface area contributed by atoms with E-state index in [1.165, 1.54) is 0 Å². The Morgan fingerprint density at radius 3 is 1.90 bits per heavy atom. The average Bonchev–Trinajstić information content (AvgIpc) is 3.34. The number of hydrogen-bond donors (Lipinski definition) is 2. The van der Waals surface area contributed by atoms with Gasteiger partial charge in [0.1, 0.15) is 27.4 Å². The highest BCUT2D eigenvalue weighted by Gasteiger charge is 2.17. The molecule has 0 amide bonds. The van der Waals surface area contributed by atoms with Crippen molar-refractivity contribution in [3.05, 3.63) is 125 Å². The molecule has 7 aromatic rings. The summed E-state index contributed by atoms with van der Waals surface area (Å²) < 4.78 is 12.5. The second-order valence-electron chi connectivity index (χ2n) is 9.34. The van der Waals surface area contributed by atoms with Crippen molar-refractivity contribution in [3.63, 3.8) is 0 Å². The molecule has 0 bridgehead atoms. The molecule has 0 fully saturated rings. The topological polar surface area (TPSA) is 94.3 Å². The van der Waals surface area contributed by atoms with Crippen molar-refractivity contribution >= 4 is 83.3 Å². The molecule has 5 aromatic carbocycles. The summed E-state index contributed by atoms with van der Waals surface area (Å²) in [6, 6.07) is 35.1. The lowest BCUT2D eigenvalue weighted by molar-refractivity contribution is 0.650. The largest absolute Gasteiger partial charge is 0.456 e. The number of para-hydroxylation sites is 2. The highest BCUT2D eigenvalue weighted by atomic mass is 32.2. The van der Waals surface area contributed by atoms with Gasteiger partial charge in [-0.2, -0.15) is 0 Å². The maximum absolute atomic E-state index is 13.5. The zero-order valence-corrected chi connectivity index (χ0v) is 21.9. The van der Waals surface area contributed by atoms with Gasteiger partial charge in [0.25, 0.3) is 0 Å². The molecule has 2 heterocycles. The van der Waals surface area contributed by atoms with Gasteiger partial charge < -0.3 is 19.1 Å². The van der Waals surface area contributed by atoms with Gasteiger partial charge in [0.2, 0.25) is 5.43 Å². The van der Waals surface area contributed by atoms with E-state index in [-0.39, 0.29) is 10.5 Å². The number of benzene rings is 5. The van der Waals surface area contributed by atoms with E-state index in [2.05, 4.69) is 35.2 Å². The van der Waals surface area contributed by atoms with Crippen molar-refractivity contribution in [1.29, 1.82) is 10.8 Å². The van der Waals surface area contributed by atoms with Crippen molar-refractivity contribution in [2.45, 2.75) is 0 Å². The van der Waals surface area contributed by atoms with Gasteiger partial charge in [-0.1, -0.05) is 54.2 Å². The third-order valence-electron chi connectivity index (χ3n) is 6.97. The van der Waals surface area contributed by atoms with Crippen LogP contribution in [-0.4, -0.2) is 10.6 Å². The minimum atomic E-state index is -0.138. The first-order valence-electron chi connectivity index (χ1n) is 12.6. The number of furan rings is 1. The van der Waals surface area contributed by atoms with Crippen LogP contribution in [0.2, 0.25) is 0 Å². The van der Waals surface area contributed by atoms with Gasteiger partial charge in [0.15, 0.2) is 0 Å². The Labute approximate surface area is 232 Å².